The molecule has 3 aromatic rings. The van der Waals surface area contributed by atoms with Crippen LogP contribution in [0.15, 0.2) is 66.7 Å². The van der Waals surface area contributed by atoms with Crippen LogP contribution < -0.4 is 14.5 Å². The Kier molecular flexibility index (Phi) is 5.97. The molecule has 2 aliphatic rings. The summed E-state index contributed by atoms with van der Waals surface area (Å²) in [4.78, 5) is 31.9. The topological polar surface area (TPSA) is 53.1 Å². The number of nitrogens with zero attached hydrogens (tertiary/aromatic N) is 3. The van der Waals surface area contributed by atoms with Crippen molar-refractivity contribution in [3.8, 4) is 5.75 Å². The van der Waals surface area contributed by atoms with Crippen LogP contribution in [0.25, 0.3) is 0 Å². The minimum absolute atomic E-state index is 0.0276. The van der Waals surface area contributed by atoms with Crippen LogP contribution in [0.2, 0.25) is 0 Å². The minimum atomic E-state index is -0.0813. The van der Waals surface area contributed by atoms with Gasteiger partial charge in [0.2, 0.25) is 0 Å². The average molecular weight is 456 g/mol. The van der Waals surface area contributed by atoms with Gasteiger partial charge in [-0.05, 0) is 60.9 Å². The van der Waals surface area contributed by atoms with Crippen molar-refractivity contribution in [2.75, 3.05) is 42.6 Å². The summed E-state index contributed by atoms with van der Waals surface area (Å²) in [5, 5.41) is 0. The molecule has 0 radical (unpaired) electrons. The predicted molar refractivity (Wildman–Crippen MR) is 134 cm³/mol. The quantitative estimate of drug-likeness (QED) is 0.592. The Morgan fingerprint density at radius 3 is 2.47 bits per heavy atom. The van der Waals surface area contributed by atoms with Gasteiger partial charge in [0.05, 0.1) is 12.2 Å². The predicted octanol–water partition coefficient (Wildman–Crippen LogP) is 4.19. The SMILES string of the molecule is Cc1ccc2c(c1)N(Cc1cccc(C(=O)N3CCN(c4ccccc4C)CC3)c1)C(=O)CO2. The number of ether oxygens (including phenoxy) is 1. The van der Waals surface area contributed by atoms with Crippen molar-refractivity contribution >= 4 is 23.2 Å². The zero-order valence-corrected chi connectivity index (χ0v) is 19.7. The van der Waals surface area contributed by atoms with Gasteiger partial charge in [-0.1, -0.05) is 36.4 Å². The van der Waals surface area contributed by atoms with Crippen LogP contribution in [0, 0.1) is 13.8 Å². The number of carbonyl (C=O) groups excluding carboxylic acids is 2. The molecule has 0 spiro atoms. The number of fused-ring (bicyclic) bond motifs is 1. The number of piperazine rings is 1. The number of aryl methyl sites for hydroxylation is 2. The van der Waals surface area contributed by atoms with Gasteiger partial charge in [-0.3, -0.25) is 9.59 Å². The van der Waals surface area contributed by atoms with Crippen LogP contribution in [0.3, 0.4) is 0 Å². The van der Waals surface area contributed by atoms with Crippen LogP contribution in [0.4, 0.5) is 11.4 Å². The van der Waals surface area contributed by atoms with Gasteiger partial charge < -0.3 is 19.4 Å². The summed E-state index contributed by atoms with van der Waals surface area (Å²) in [5.74, 6) is 0.668. The number of para-hydroxylation sites is 1. The lowest BCUT2D eigenvalue weighted by molar-refractivity contribution is -0.121. The first-order valence-corrected chi connectivity index (χ1v) is 11.7. The summed E-state index contributed by atoms with van der Waals surface area (Å²) >= 11 is 0. The molecular weight excluding hydrogens is 426 g/mol. The van der Waals surface area contributed by atoms with Crippen molar-refractivity contribution in [3.05, 3.63) is 89.0 Å². The van der Waals surface area contributed by atoms with Gasteiger partial charge in [0.1, 0.15) is 5.75 Å². The molecular formula is C28H29N3O3. The lowest BCUT2D eigenvalue weighted by Gasteiger charge is -2.37. The molecule has 2 amide bonds. The number of anilines is 2. The van der Waals surface area contributed by atoms with Crippen molar-refractivity contribution in [3.63, 3.8) is 0 Å². The molecule has 2 heterocycles. The van der Waals surface area contributed by atoms with Gasteiger partial charge >= 0.3 is 0 Å². The molecule has 0 N–H and O–H groups in total. The molecule has 0 aromatic heterocycles. The fourth-order valence-corrected chi connectivity index (χ4v) is 4.72. The number of carbonyl (C=O) groups is 2. The average Bonchev–Trinajstić information content (AvgIpc) is 2.86. The third kappa shape index (κ3) is 4.36. The lowest BCUT2D eigenvalue weighted by atomic mass is 10.1. The summed E-state index contributed by atoms with van der Waals surface area (Å²) in [6.45, 7) is 7.55. The van der Waals surface area contributed by atoms with Gasteiger partial charge in [0.25, 0.3) is 11.8 Å². The van der Waals surface area contributed by atoms with E-state index in [4.69, 9.17) is 4.74 Å². The smallest absolute Gasteiger partial charge is 0.265 e. The van der Waals surface area contributed by atoms with Gasteiger partial charge in [-0.15, -0.1) is 0 Å². The summed E-state index contributed by atoms with van der Waals surface area (Å²) in [6.07, 6.45) is 0. The van der Waals surface area contributed by atoms with Gasteiger partial charge in [0.15, 0.2) is 6.61 Å². The van der Waals surface area contributed by atoms with E-state index in [-0.39, 0.29) is 18.4 Å². The van der Waals surface area contributed by atoms with E-state index in [0.717, 1.165) is 29.9 Å². The second-order valence-electron chi connectivity index (χ2n) is 9.01. The molecule has 1 fully saturated rings. The van der Waals surface area contributed by atoms with Crippen molar-refractivity contribution < 1.29 is 14.3 Å². The van der Waals surface area contributed by atoms with Crippen LogP contribution >= 0.6 is 0 Å². The third-order valence-corrected chi connectivity index (χ3v) is 6.60. The zero-order valence-electron chi connectivity index (χ0n) is 19.7. The zero-order chi connectivity index (χ0) is 23.7. The molecule has 2 aliphatic heterocycles. The fourth-order valence-electron chi connectivity index (χ4n) is 4.72. The molecule has 5 rings (SSSR count). The maximum absolute atomic E-state index is 13.3. The number of rotatable bonds is 4. The van der Waals surface area contributed by atoms with Crippen molar-refractivity contribution in [1.82, 2.24) is 4.90 Å². The summed E-state index contributed by atoms with van der Waals surface area (Å²) in [7, 11) is 0. The normalized spacial score (nSPS) is 15.7. The molecule has 34 heavy (non-hydrogen) atoms. The Bertz CT molecular complexity index is 1230. The van der Waals surface area contributed by atoms with E-state index in [1.54, 1.807) is 4.90 Å². The Hall–Kier alpha value is -3.80. The van der Waals surface area contributed by atoms with Crippen molar-refractivity contribution in [1.29, 1.82) is 0 Å². The summed E-state index contributed by atoms with van der Waals surface area (Å²) < 4.78 is 5.59. The minimum Gasteiger partial charge on any atom is -0.482 e. The highest BCUT2D eigenvalue weighted by atomic mass is 16.5. The lowest BCUT2D eigenvalue weighted by Crippen LogP contribution is -2.49. The first kappa shape index (κ1) is 22.0. The molecule has 6 heteroatoms. The number of hydrogen-bond acceptors (Lipinski definition) is 4. The monoisotopic (exact) mass is 455 g/mol. The maximum atomic E-state index is 13.3. The Labute approximate surface area is 200 Å². The molecule has 1 saturated heterocycles. The first-order chi connectivity index (χ1) is 16.5. The van der Waals surface area contributed by atoms with E-state index < -0.39 is 0 Å². The highest BCUT2D eigenvalue weighted by molar-refractivity contribution is 5.98. The highest BCUT2D eigenvalue weighted by Gasteiger charge is 2.27. The molecule has 0 saturated carbocycles. The summed E-state index contributed by atoms with van der Waals surface area (Å²) in [5.41, 5.74) is 5.92. The Morgan fingerprint density at radius 2 is 1.68 bits per heavy atom. The Morgan fingerprint density at radius 1 is 0.882 bits per heavy atom. The Balaban J connectivity index is 1.29. The van der Waals surface area contributed by atoms with Gasteiger partial charge in [-0.2, -0.15) is 0 Å². The van der Waals surface area contributed by atoms with Crippen LogP contribution in [0.1, 0.15) is 27.0 Å². The van der Waals surface area contributed by atoms with E-state index in [0.29, 0.717) is 30.9 Å². The molecule has 0 bridgehead atoms. The highest BCUT2D eigenvalue weighted by Crippen LogP contribution is 2.34. The maximum Gasteiger partial charge on any atom is 0.265 e. The van der Waals surface area contributed by atoms with Crippen LogP contribution in [-0.4, -0.2) is 49.5 Å². The van der Waals surface area contributed by atoms with Crippen molar-refractivity contribution in [2.24, 2.45) is 0 Å². The molecule has 174 valence electrons. The third-order valence-electron chi connectivity index (χ3n) is 6.60. The van der Waals surface area contributed by atoms with Crippen LogP contribution in [0.5, 0.6) is 5.75 Å². The number of hydrogen-bond donors (Lipinski definition) is 0. The summed E-state index contributed by atoms with van der Waals surface area (Å²) in [6, 6.07) is 21.9. The van der Waals surface area contributed by atoms with Crippen molar-refractivity contribution in [2.45, 2.75) is 20.4 Å². The van der Waals surface area contributed by atoms with Gasteiger partial charge in [-0.25, -0.2) is 0 Å². The molecule has 3 aromatic carbocycles. The first-order valence-electron chi connectivity index (χ1n) is 11.7. The number of benzene rings is 3. The molecule has 0 aliphatic carbocycles. The standard InChI is InChI=1S/C28H29N3O3/c1-20-10-11-26-25(16-20)31(27(32)19-34-26)18-22-7-5-8-23(17-22)28(33)30-14-12-29(13-15-30)24-9-4-3-6-21(24)2/h3-11,16-17H,12-15,18-19H2,1-2H3. The van der Waals surface area contributed by atoms with E-state index in [1.165, 1.54) is 11.3 Å². The second-order valence-corrected chi connectivity index (χ2v) is 9.01. The number of amides is 2. The van der Waals surface area contributed by atoms with E-state index >= 15 is 0 Å². The van der Waals surface area contributed by atoms with E-state index in [1.807, 2.05) is 54.3 Å². The molecule has 0 unspecified atom stereocenters. The largest absolute Gasteiger partial charge is 0.482 e. The fraction of sp³-hybridized carbons (Fsp3) is 0.286. The van der Waals surface area contributed by atoms with E-state index in [9.17, 15) is 9.59 Å². The van der Waals surface area contributed by atoms with E-state index in [2.05, 4.69) is 36.1 Å². The second kappa shape index (κ2) is 9.21. The molecule has 0 atom stereocenters. The molecule has 6 nitrogen and oxygen atoms in total. The van der Waals surface area contributed by atoms with Gasteiger partial charge in [0, 0.05) is 37.4 Å². The van der Waals surface area contributed by atoms with Crippen LogP contribution in [-0.2, 0) is 11.3 Å².